The van der Waals surface area contributed by atoms with E-state index in [4.69, 9.17) is 16.3 Å². The zero-order valence-electron chi connectivity index (χ0n) is 16.1. The van der Waals surface area contributed by atoms with Crippen molar-refractivity contribution in [3.8, 4) is 5.75 Å². The predicted molar refractivity (Wildman–Crippen MR) is 116 cm³/mol. The van der Waals surface area contributed by atoms with Gasteiger partial charge < -0.3 is 20.1 Å². The van der Waals surface area contributed by atoms with Gasteiger partial charge in [0.2, 0.25) is 0 Å². The van der Waals surface area contributed by atoms with E-state index in [0.717, 1.165) is 0 Å². The number of para-hydroxylation sites is 1. The monoisotopic (exact) mass is 480 g/mol. The highest BCUT2D eigenvalue weighted by Gasteiger charge is 2.17. The molecule has 0 atom stereocenters. The van der Waals surface area contributed by atoms with Gasteiger partial charge in [0.05, 0.1) is 21.2 Å². The number of carbonyl (C=O) groups is 3. The number of alkyl halides is 2. The van der Waals surface area contributed by atoms with Crippen LogP contribution in [0.1, 0.15) is 20.0 Å². The number of benzene rings is 2. The quantitative estimate of drug-likeness (QED) is 0.440. The van der Waals surface area contributed by atoms with Gasteiger partial charge in [-0.1, -0.05) is 29.8 Å². The van der Waals surface area contributed by atoms with Crippen molar-refractivity contribution >= 4 is 52.1 Å². The number of anilines is 2. The molecule has 0 fully saturated rings. The van der Waals surface area contributed by atoms with E-state index >= 15 is 0 Å². The number of esters is 1. The van der Waals surface area contributed by atoms with Crippen LogP contribution in [-0.2, 0) is 9.53 Å². The summed E-state index contributed by atoms with van der Waals surface area (Å²) in [5, 5.41) is 6.68. The fraction of sp³-hybridized carbons (Fsp3) is 0.0952. The van der Waals surface area contributed by atoms with E-state index in [2.05, 4.69) is 15.4 Å². The van der Waals surface area contributed by atoms with Crippen LogP contribution >= 0.6 is 22.9 Å². The van der Waals surface area contributed by atoms with Gasteiger partial charge in [0, 0.05) is 5.69 Å². The number of ether oxygens (including phenoxy) is 2. The van der Waals surface area contributed by atoms with E-state index in [0.29, 0.717) is 4.88 Å². The second kappa shape index (κ2) is 10.7. The number of carbonyl (C=O) groups excluding carboxylic acids is 3. The van der Waals surface area contributed by atoms with Crippen LogP contribution in [0.3, 0.4) is 0 Å². The summed E-state index contributed by atoms with van der Waals surface area (Å²) in [6, 6.07) is 13.3. The van der Waals surface area contributed by atoms with Crippen molar-refractivity contribution in [3.05, 3.63) is 75.4 Å². The molecule has 166 valence electrons. The Kier molecular flexibility index (Phi) is 7.74. The minimum Gasteiger partial charge on any atom is -0.452 e. The zero-order valence-corrected chi connectivity index (χ0v) is 17.7. The molecule has 1 aromatic heterocycles. The first-order valence-electron chi connectivity index (χ1n) is 8.98. The first kappa shape index (κ1) is 23.2. The van der Waals surface area contributed by atoms with Gasteiger partial charge in [-0.25, -0.2) is 4.79 Å². The molecule has 0 unspecified atom stereocenters. The third-order valence-corrected chi connectivity index (χ3v) is 5.07. The number of hydrogen-bond acceptors (Lipinski definition) is 6. The lowest BCUT2D eigenvalue weighted by molar-refractivity contribution is -0.119. The predicted octanol–water partition coefficient (Wildman–Crippen LogP) is 5.05. The number of rotatable bonds is 8. The van der Waals surface area contributed by atoms with E-state index in [-0.39, 0.29) is 33.6 Å². The van der Waals surface area contributed by atoms with Crippen molar-refractivity contribution in [3.63, 3.8) is 0 Å². The standard InChI is InChI=1S/C21H15ClF2N2O5S/c22-14-10-12(7-8-16(14)31-21(23)24)25-18(27)11-30-20(29)13-4-1-2-5-15(13)26-19(28)17-6-3-9-32-17/h1-10,21H,11H2,(H,25,27)(H,26,28). The summed E-state index contributed by atoms with van der Waals surface area (Å²) in [6.07, 6.45) is 0. The second-order valence-electron chi connectivity index (χ2n) is 6.13. The average Bonchev–Trinajstić information content (AvgIpc) is 3.29. The van der Waals surface area contributed by atoms with Crippen molar-refractivity contribution in [2.24, 2.45) is 0 Å². The molecule has 1 heterocycles. The van der Waals surface area contributed by atoms with Gasteiger partial charge in [-0.3, -0.25) is 9.59 Å². The summed E-state index contributed by atoms with van der Waals surface area (Å²) in [4.78, 5) is 37.2. The van der Waals surface area contributed by atoms with Gasteiger partial charge in [0.25, 0.3) is 11.8 Å². The lowest BCUT2D eigenvalue weighted by atomic mass is 10.2. The van der Waals surface area contributed by atoms with Crippen molar-refractivity contribution in [1.29, 1.82) is 0 Å². The van der Waals surface area contributed by atoms with Crippen LogP contribution in [0.4, 0.5) is 20.2 Å². The largest absolute Gasteiger partial charge is 0.452 e. The SMILES string of the molecule is O=C(COC(=O)c1ccccc1NC(=O)c1cccs1)Nc1ccc(OC(F)F)c(Cl)c1. The molecule has 11 heteroatoms. The van der Waals surface area contributed by atoms with Crippen LogP contribution in [0, 0.1) is 0 Å². The maximum absolute atomic E-state index is 12.4. The normalized spacial score (nSPS) is 10.5. The van der Waals surface area contributed by atoms with Crippen LogP contribution in [0.25, 0.3) is 0 Å². The molecule has 2 aromatic carbocycles. The summed E-state index contributed by atoms with van der Waals surface area (Å²) in [7, 11) is 0. The minimum atomic E-state index is -3.04. The summed E-state index contributed by atoms with van der Waals surface area (Å²) in [5.74, 6) is -2.13. The molecule has 0 saturated carbocycles. The molecule has 2 amide bonds. The van der Waals surface area contributed by atoms with Crippen LogP contribution in [0.5, 0.6) is 5.75 Å². The van der Waals surface area contributed by atoms with Crippen LogP contribution < -0.4 is 15.4 Å². The lowest BCUT2D eigenvalue weighted by Crippen LogP contribution is -2.22. The molecule has 2 N–H and O–H groups in total. The molecule has 3 aromatic rings. The van der Waals surface area contributed by atoms with E-state index in [1.807, 2.05) is 0 Å². The fourth-order valence-corrected chi connectivity index (χ4v) is 3.38. The maximum Gasteiger partial charge on any atom is 0.387 e. The summed E-state index contributed by atoms with van der Waals surface area (Å²) in [5.41, 5.74) is 0.501. The van der Waals surface area contributed by atoms with E-state index < -0.39 is 25.1 Å². The maximum atomic E-state index is 12.4. The molecule has 0 spiro atoms. The highest BCUT2D eigenvalue weighted by molar-refractivity contribution is 7.12. The molecular weight excluding hydrogens is 466 g/mol. The lowest BCUT2D eigenvalue weighted by Gasteiger charge is -2.11. The average molecular weight is 481 g/mol. The Labute approximate surface area is 189 Å². The van der Waals surface area contributed by atoms with Gasteiger partial charge in [-0.2, -0.15) is 8.78 Å². The van der Waals surface area contributed by atoms with Crippen molar-refractivity contribution in [2.45, 2.75) is 6.61 Å². The first-order chi connectivity index (χ1) is 15.3. The van der Waals surface area contributed by atoms with E-state index in [1.165, 1.54) is 41.7 Å². The molecular formula is C21H15ClF2N2O5S. The second-order valence-corrected chi connectivity index (χ2v) is 7.48. The van der Waals surface area contributed by atoms with Crippen molar-refractivity contribution in [2.75, 3.05) is 17.2 Å². The number of amides is 2. The topological polar surface area (TPSA) is 93.7 Å². The highest BCUT2D eigenvalue weighted by Crippen LogP contribution is 2.29. The highest BCUT2D eigenvalue weighted by atomic mass is 35.5. The Hall–Kier alpha value is -3.50. The first-order valence-corrected chi connectivity index (χ1v) is 10.2. The Morgan fingerprint density at radius 2 is 1.81 bits per heavy atom. The van der Waals surface area contributed by atoms with E-state index in [9.17, 15) is 23.2 Å². The summed E-state index contributed by atoms with van der Waals surface area (Å²) >= 11 is 7.08. The number of halogens is 3. The van der Waals surface area contributed by atoms with Gasteiger partial charge in [0.1, 0.15) is 5.75 Å². The van der Waals surface area contributed by atoms with Crippen molar-refractivity contribution < 1.29 is 32.6 Å². The molecule has 0 aliphatic carbocycles. The molecule has 32 heavy (non-hydrogen) atoms. The number of hydrogen-bond donors (Lipinski definition) is 2. The molecule has 0 saturated heterocycles. The Morgan fingerprint density at radius 1 is 1.03 bits per heavy atom. The van der Waals surface area contributed by atoms with Crippen LogP contribution in [0.15, 0.2) is 60.0 Å². The fourth-order valence-electron chi connectivity index (χ4n) is 2.54. The Morgan fingerprint density at radius 3 is 2.50 bits per heavy atom. The minimum absolute atomic E-state index is 0.0711. The third-order valence-electron chi connectivity index (χ3n) is 3.91. The van der Waals surface area contributed by atoms with Gasteiger partial charge >= 0.3 is 12.6 Å². The zero-order chi connectivity index (χ0) is 23.1. The molecule has 0 bridgehead atoms. The van der Waals surface area contributed by atoms with E-state index in [1.54, 1.807) is 29.6 Å². The smallest absolute Gasteiger partial charge is 0.387 e. The molecule has 0 aliphatic heterocycles. The molecule has 3 rings (SSSR count). The number of nitrogens with one attached hydrogen (secondary N) is 2. The molecule has 7 nitrogen and oxygen atoms in total. The Bertz CT molecular complexity index is 1130. The van der Waals surface area contributed by atoms with Crippen molar-refractivity contribution in [1.82, 2.24) is 0 Å². The number of thiophene rings is 1. The third kappa shape index (κ3) is 6.25. The van der Waals surface area contributed by atoms with Gasteiger partial charge in [-0.05, 0) is 41.8 Å². The van der Waals surface area contributed by atoms with Crippen LogP contribution in [0.2, 0.25) is 5.02 Å². The summed E-state index contributed by atoms with van der Waals surface area (Å²) in [6.45, 7) is -3.66. The molecule has 0 radical (unpaired) electrons. The summed E-state index contributed by atoms with van der Waals surface area (Å²) < 4.78 is 33.8. The van der Waals surface area contributed by atoms with Gasteiger partial charge in [0.15, 0.2) is 6.61 Å². The Balaban J connectivity index is 1.58. The molecule has 0 aliphatic rings. The van der Waals surface area contributed by atoms with Gasteiger partial charge in [-0.15, -0.1) is 11.3 Å². The van der Waals surface area contributed by atoms with Crippen LogP contribution in [-0.4, -0.2) is 31.0 Å².